The monoisotopic (exact) mass is 336 g/mol. The minimum absolute atomic E-state index is 0.0632. The van der Waals surface area contributed by atoms with E-state index in [4.69, 9.17) is 5.73 Å². The second-order valence-corrected chi connectivity index (χ2v) is 5.67. The van der Waals surface area contributed by atoms with Crippen molar-refractivity contribution in [1.82, 2.24) is 19.9 Å². The van der Waals surface area contributed by atoms with Crippen LogP contribution < -0.4 is 11.1 Å². The van der Waals surface area contributed by atoms with Gasteiger partial charge in [-0.25, -0.2) is 19.9 Å². The average molecular weight is 336 g/mol. The summed E-state index contributed by atoms with van der Waals surface area (Å²) >= 11 is 0. The standard InChI is InChI=1S/C18H20N6O/c1-2-14(19)10-23-17-5-6-22-18(24-17)15-7-12(3-4-16(15)25)13-8-20-11-21-9-13/h3-9,11,14,25H,2,10,19H2,1H3,(H,22,23,24)/t14-/m0/s1. The molecule has 0 aliphatic heterocycles. The van der Waals surface area contributed by atoms with Gasteiger partial charge in [-0.2, -0.15) is 0 Å². The van der Waals surface area contributed by atoms with Gasteiger partial charge in [-0.05, 0) is 30.2 Å². The fourth-order valence-corrected chi connectivity index (χ4v) is 2.31. The first-order valence-corrected chi connectivity index (χ1v) is 8.08. The highest BCUT2D eigenvalue weighted by Gasteiger charge is 2.11. The lowest BCUT2D eigenvalue weighted by Crippen LogP contribution is -2.28. The van der Waals surface area contributed by atoms with E-state index in [1.165, 1.54) is 6.33 Å². The Morgan fingerprint density at radius 3 is 2.72 bits per heavy atom. The van der Waals surface area contributed by atoms with Crippen LogP contribution in [0.5, 0.6) is 5.75 Å². The summed E-state index contributed by atoms with van der Waals surface area (Å²) in [5.74, 6) is 1.22. The van der Waals surface area contributed by atoms with Gasteiger partial charge in [0.1, 0.15) is 17.9 Å². The Balaban J connectivity index is 1.91. The summed E-state index contributed by atoms with van der Waals surface area (Å²) in [6.45, 7) is 2.66. The zero-order valence-electron chi connectivity index (χ0n) is 13.9. The van der Waals surface area contributed by atoms with Crippen LogP contribution in [0.15, 0.2) is 49.2 Å². The van der Waals surface area contributed by atoms with Crippen molar-refractivity contribution in [1.29, 1.82) is 0 Å². The number of rotatable bonds is 6. The number of anilines is 1. The van der Waals surface area contributed by atoms with E-state index in [1.54, 1.807) is 36.8 Å². The molecule has 0 aliphatic rings. The zero-order valence-corrected chi connectivity index (χ0v) is 13.9. The lowest BCUT2D eigenvalue weighted by molar-refractivity contribution is 0.477. The van der Waals surface area contributed by atoms with E-state index in [-0.39, 0.29) is 11.8 Å². The number of hydrogen-bond acceptors (Lipinski definition) is 7. The molecule has 0 unspecified atom stereocenters. The van der Waals surface area contributed by atoms with E-state index in [1.807, 2.05) is 13.0 Å². The molecule has 4 N–H and O–H groups in total. The summed E-state index contributed by atoms with van der Waals surface area (Å²) in [7, 11) is 0. The van der Waals surface area contributed by atoms with E-state index in [0.29, 0.717) is 23.8 Å². The first-order valence-electron chi connectivity index (χ1n) is 8.08. The Hall–Kier alpha value is -3.06. The van der Waals surface area contributed by atoms with Gasteiger partial charge in [-0.3, -0.25) is 0 Å². The predicted molar refractivity (Wildman–Crippen MR) is 96.9 cm³/mol. The van der Waals surface area contributed by atoms with E-state index >= 15 is 0 Å². The number of nitrogens with one attached hydrogen (secondary N) is 1. The molecule has 128 valence electrons. The number of nitrogens with two attached hydrogens (primary N) is 1. The van der Waals surface area contributed by atoms with Crippen LogP contribution in [0.1, 0.15) is 13.3 Å². The van der Waals surface area contributed by atoms with Crippen LogP contribution in [0.4, 0.5) is 5.82 Å². The maximum Gasteiger partial charge on any atom is 0.165 e. The van der Waals surface area contributed by atoms with Gasteiger partial charge in [-0.15, -0.1) is 0 Å². The van der Waals surface area contributed by atoms with Crippen molar-refractivity contribution in [2.75, 3.05) is 11.9 Å². The lowest BCUT2D eigenvalue weighted by atomic mass is 10.0. The number of aromatic hydroxyl groups is 1. The Morgan fingerprint density at radius 1 is 1.16 bits per heavy atom. The molecule has 0 saturated heterocycles. The Labute approximate surface area is 146 Å². The molecule has 7 nitrogen and oxygen atoms in total. The molecule has 3 rings (SSSR count). The predicted octanol–water partition coefficient (Wildman–Crippen LogP) is 2.46. The molecule has 2 heterocycles. The number of aromatic nitrogens is 4. The van der Waals surface area contributed by atoms with Crippen LogP contribution in [0, 0.1) is 0 Å². The number of nitrogens with zero attached hydrogens (tertiary/aromatic N) is 4. The van der Waals surface area contributed by atoms with Gasteiger partial charge >= 0.3 is 0 Å². The fraction of sp³-hybridized carbons (Fsp3) is 0.222. The summed E-state index contributed by atoms with van der Waals surface area (Å²) < 4.78 is 0. The maximum absolute atomic E-state index is 10.2. The average Bonchev–Trinajstić information content (AvgIpc) is 2.67. The smallest absolute Gasteiger partial charge is 0.165 e. The third kappa shape index (κ3) is 4.07. The summed E-state index contributed by atoms with van der Waals surface area (Å²) in [5.41, 5.74) is 8.20. The van der Waals surface area contributed by atoms with Crippen LogP contribution in [0.3, 0.4) is 0 Å². The molecule has 0 fully saturated rings. The molecule has 1 atom stereocenters. The quantitative estimate of drug-likeness (QED) is 0.634. The number of benzene rings is 1. The summed E-state index contributed by atoms with van der Waals surface area (Å²) in [4.78, 5) is 16.8. The molecule has 0 saturated carbocycles. The number of phenolic OH excluding ortho intramolecular Hbond substituents is 1. The molecule has 0 amide bonds. The second kappa shape index (κ2) is 7.67. The van der Waals surface area contributed by atoms with Crippen molar-refractivity contribution in [3.63, 3.8) is 0 Å². The normalized spacial score (nSPS) is 11.9. The molecule has 25 heavy (non-hydrogen) atoms. The highest BCUT2D eigenvalue weighted by molar-refractivity contribution is 5.74. The minimum atomic E-state index is 0.0632. The lowest BCUT2D eigenvalue weighted by Gasteiger charge is -2.12. The van der Waals surface area contributed by atoms with Crippen LogP contribution in [0.2, 0.25) is 0 Å². The largest absolute Gasteiger partial charge is 0.507 e. The number of hydrogen-bond donors (Lipinski definition) is 3. The van der Waals surface area contributed by atoms with Crippen LogP contribution in [0.25, 0.3) is 22.5 Å². The molecular formula is C18H20N6O. The molecule has 0 aliphatic carbocycles. The summed E-state index contributed by atoms with van der Waals surface area (Å²) in [6.07, 6.45) is 7.44. The second-order valence-electron chi connectivity index (χ2n) is 5.67. The van der Waals surface area contributed by atoms with Crippen molar-refractivity contribution in [2.24, 2.45) is 5.73 Å². The van der Waals surface area contributed by atoms with Gasteiger partial charge in [0.05, 0.1) is 5.56 Å². The van der Waals surface area contributed by atoms with Crippen molar-refractivity contribution < 1.29 is 5.11 Å². The maximum atomic E-state index is 10.2. The topological polar surface area (TPSA) is 110 Å². The van der Waals surface area contributed by atoms with Crippen LogP contribution >= 0.6 is 0 Å². The van der Waals surface area contributed by atoms with Gasteiger partial charge in [0, 0.05) is 36.7 Å². The summed E-state index contributed by atoms with van der Waals surface area (Å²) in [6, 6.07) is 7.09. The van der Waals surface area contributed by atoms with Gasteiger partial charge in [0.15, 0.2) is 5.82 Å². The molecule has 3 aromatic rings. The minimum Gasteiger partial charge on any atom is -0.507 e. The fourth-order valence-electron chi connectivity index (χ4n) is 2.31. The molecule has 0 bridgehead atoms. The molecule has 0 spiro atoms. The first kappa shape index (κ1) is 16.8. The van der Waals surface area contributed by atoms with E-state index in [9.17, 15) is 5.11 Å². The highest BCUT2D eigenvalue weighted by Crippen LogP contribution is 2.31. The zero-order chi connectivity index (χ0) is 17.6. The third-order valence-electron chi connectivity index (χ3n) is 3.86. The van der Waals surface area contributed by atoms with Crippen molar-refractivity contribution in [3.8, 4) is 28.3 Å². The van der Waals surface area contributed by atoms with Crippen LogP contribution in [-0.2, 0) is 0 Å². The van der Waals surface area contributed by atoms with E-state index < -0.39 is 0 Å². The molecule has 7 heteroatoms. The molecule has 1 aromatic carbocycles. The molecular weight excluding hydrogens is 316 g/mol. The molecule has 0 radical (unpaired) electrons. The Kier molecular flexibility index (Phi) is 5.15. The number of phenols is 1. The SMILES string of the molecule is CC[C@H](N)CNc1ccnc(-c2cc(-c3cncnc3)ccc2O)n1. The first-order chi connectivity index (χ1) is 12.2. The molecule has 2 aromatic heterocycles. The van der Waals surface area contributed by atoms with Crippen LogP contribution in [-0.4, -0.2) is 37.6 Å². The van der Waals surface area contributed by atoms with Crippen molar-refractivity contribution in [2.45, 2.75) is 19.4 Å². The van der Waals surface area contributed by atoms with Gasteiger partial charge in [0.2, 0.25) is 0 Å². The Bertz CT molecular complexity index is 840. The van der Waals surface area contributed by atoms with E-state index in [0.717, 1.165) is 17.5 Å². The third-order valence-corrected chi connectivity index (χ3v) is 3.86. The summed E-state index contributed by atoms with van der Waals surface area (Å²) in [5, 5.41) is 13.4. The van der Waals surface area contributed by atoms with Gasteiger partial charge in [0.25, 0.3) is 0 Å². The van der Waals surface area contributed by atoms with Crippen molar-refractivity contribution in [3.05, 3.63) is 49.2 Å². The highest BCUT2D eigenvalue weighted by atomic mass is 16.3. The van der Waals surface area contributed by atoms with Gasteiger partial charge < -0.3 is 16.2 Å². The van der Waals surface area contributed by atoms with Crippen molar-refractivity contribution >= 4 is 5.82 Å². The Morgan fingerprint density at radius 2 is 1.96 bits per heavy atom. The van der Waals surface area contributed by atoms with E-state index in [2.05, 4.69) is 25.3 Å². The van der Waals surface area contributed by atoms with Gasteiger partial charge in [-0.1, -0.05) is 13.0 Å².